The summed E-state index contributed by atoms with van der Waals surface area (Å²) >= 11 is 0. The molecule has 0 spiro atoms. The van der Waals surface area contributed by atoms with Crippen LogP contribution in [0.1, 0.15) is 26.7 Å². The van der Waals surface area contributed by atoms with E-state index < -0.39 is 0 Å². The number of hydrogen-bond acceptors (Lipinski definition) is 2. The van der Waals surface area contributed by atoms with Gasteiger partial charge in [-0.15, -0.1) is 0 Å². The molecule has 11 heavy (non-hydrogen) atoms. The smallest absolute Gasteiger partial charge is 0.232 e. The van der Waals surface area contributed by atoms with Crippen molar-refractivity contribution in [1.82, 2.24) is 4.90 Å². The number of amides is 2. The lowest BCUT2D eigenvalue weighted by molar-refractivity contribution is -0.139. The molecule has 0 aliphatic carbocycles. The minimum absolute atomic E-state index is 0.00292. The molecule has 0 N–H and O–H groups in total. The number of nitrogens with zero attached hydrogens (tertiary/aromatic N) is 1. The van der Waals surface area contributed by atoms with Crippen molar-refractivity contribution in [3.63, 3.8) is 0 Å². The van der Waals surface area contributed by atoms with Crippen LogP contribution < -0.4 is 0 Å². The average molecular weight is 155 g/mol. The highest BCUT2D eigenvalue weighted by atomic mass is 16.2. The third-order valence-electron chi connectivity index (χ3n) is 1.92. The molecule has 0 aromatic heterocycles. The van der Waals surface area contributed by atoms with E-state index in [1.807, 2.05) is 6.92 Å². The van der Waals surface area contributed by atoms with E-state index in [9.17, 15) is 9.59 Å². The van der Waals surface area contributed by atoms with E-state index in [1.165, 1.54) is 4.90 Å². The molecule has 0 bridgehead atoms. The van der Waals surface area contributed by atoms with Crippen LogP contribution >= 0.6 is 0 Å². The SMILES string of the molecule is CCCN1C(=O)CC(C)C1=O. The molecule has 2 amide bonds. The molecular formula is C8H13NO2. The highest BCUT2D eigenvalue weighted by Gasteiger charge is 2.34. The molecule has 1 atom stereocenters. The summed E-state index contributed by atoms with van der Waals surface area (Å²) < 4.78 is 0. The van der Waals surface area contributed by atoms with Crippen molar-refractivity contribution in [3.05, 3.63) is 0 Å². The molecule has 0 aromatic carbocycles. The Kier molecular flexibility index (Phi) is 2.27. The fourth-order valence-electron chi connectivity index (χ4n) is 1.31. The van der Waals surface area contributed by atoms with Gasteiger partial charge in [0.2, 0.25) is 11.8 Å². The van der Waals surface area contributed by atoms with Gasteiger partial charge in [0, 0.05) is 18.9 Å². The Morgan fingerprint density at radius 3 is 2.55 bits per heavy atom. The first-order chi connectivity index (χ1) is 5.16. The summed E-state index contributed by atoms with van der Waals surface area (Å²) in [5.41, 5.74) is 0. The van der Waals surface area contributed by atoms with E-state index in [2.05, 4.69) is 0 Å². The maximum absolute atomic E-state index is 11.2. The Hall–Kier alpha value is -0.860. The van der Waals surface area contributed by atoms with Crippen molar-refractivity contribution in [2.45, 2.75) is 26.7 Å². The molecular weight excluding hydrogens is 142 g/mol. The highest BCUT2D eigenvalue weighted by molar-refractivity contribution is 6.03. The Bertz CT molecular complexity index is 189. The van der Waals surface area contributed by atoms with Crippen LogP contribution in [0, 0.1) is 5.92 Å². The number of hydrogen-bond donors (Lipinski definition) is 0. The summed E-state index contributed by atoms with van der Waals surface area (Å²) in [6, 6.07) is 0. The zero-order chi connectivity index (χ0) is 8.43. The molecule has 1 heterocycles. The molecule has 1 saturated heterocycles. The van der Waals surface area contributed by atoms with Crippen molar-refractivity contribution < 1.29 is 9.59 Å². The van der Waals surface area contributed by atoms with E-state index in [4.69, 9.17) is 0 Å². The second-order valence-electron chi connectivity index (χ2n) is 2.99. The molecule has 0 aromatic rings. The minimum atomic E-state index is -0.0888. The zero-order valence-corrected chi connectivity index (χ0v) is 6.96. The van der Waals surface area contributed by atoms with Gasteiger partial charge < -0.3 is 0 Å². The van der Waals surface area contributed by atoms with Crippen molar-refractivity contribution >= 4 is 11.8 Å². The number of imide groups is 1. The molecule has 1 aliphatic rings. The molecule has 1 rings (SSSR count). The first-order valence-corrected chi connectivity index (χ1v) is 4.01. The summed E-state index contributed by atoms with van der Waals surface area (Å²) in [5.74, 6) is -0.102. The minimum Gasteiger partial charge on any atom is -0.282 e. The fourth-order valence-corrected chi connectivity index (χ4v) is 1.31. The second kappa shape index (κ2) is 3.03. The van der Waals surface area contributed by atoms with Crippen molar-refractivity contribution in [1.29, 1.82) is 0 Å². The van der Waals surface area contributed by atoms with Gasteiger partial charge in [-0.25, -0.2) is 0 Å². The van der Waals surface area contributed by atoms with E-state index in [0.29, 0.717) is 13.0 Å². The lowest BCUT2D eigenvalue weighted by atomic mass is 10.1. The molecule has 3 nitrogen and oxygen atoms in total. The first-order valence-electron chi connectivity index (χ1n) is 4.01. The lowest BCUT2D eigenvalue weighted by Gasteiger charge is -2.11. The predicted molar refractivity (Wildman–Crippen MR) is 40.8 cm³/mol. The summed E-state index contributed by atoms with van der Waals surface area (Å²) in [4.78, 5) is 23.7. The summed E-state index contributed by atoms with van der Waals surface area (Å²) in [6.07, 6.45) is 1.25. The molecule has 1 unspecified atom stereocenters. The Balaban J connectivity index is 2.64. The number of rotatable bonds is 2. The van der Waals surface area contributed by atoms with Gasteiger partial charge in [0.25, 0.3) is 0 Å². The molecule has 1 fully saturated rings. The Labute approximate surface area is 66.4 Å². The highest BCUT2D eigenvalue weighted by Crippen LogP contribution is 2.18. The molecule has 0 radical (unpaired) electrons. The normalized spacial score (nSPS) is 24.9. The van der Waals surface area contributed by atoms with Crippen LogP contribution in [-0.4, -0.2) is 23.3 Å². The van der Waals surface area contributed by atoms with Crippen LogP contribution in [0.2, 0.25) is 0 Å². The quantitative estimate of drug-likeness (QED) is 0.553. The molecule has 0 saturated carbocycles. The van der Waals surface area contributed by atoms with Crippen LogP contribution in [0.5, 0.6) is 0 Å². The lowest BCUT2D eigenvalue weighted by Crippen LogP contribution is -2.30. The van der Waals surface area contributed by atoms with Gasteiger partial charge in [0.05, 0.1) is 0 Å². The van der Waals surface area contributed by atoms with Gasteiger partial charge in [-0.2, -0.15) is 0 Å². The Morgan fingerprint density at radius 1 is 1.55 bits per heavy atom. The monoisotopic (exact) mass is 155 g/mol. The van der Waals surface area contributed by atoms with Gasteiger partial charge >= 0.3 is 0 Å². The summed E-state index contributed by atoms with van der Waals surface area (Å²) in [6.45, 7) is 4.35. The molecule has 62 valence electrons. The maximum atomic E-state index is 11.2. The number of likely N-dealkylation sites (tertiary alicyclic amines) is 1. The van der Waals surface area contributed by atoms with Gasteiger partial charge in [0.1, 0.15) is 0 Å². The van der Waals surface area contributed by atoms with Crippen molar-refractivity contribution in [3.8, 4) is 0 Å². The second-order valence-corrected chi connectivity index (χ2v) is 2.99. The largest absolute Gasteiger partial charge is 0.282 e. The van der Waals surface area contributed by atoms with Crippen LogP contribution in [0.3, 0.4) is 0 Å². The number of carbonyl (C=O) groups is 2. The van der Waals surface area contributed by atoms with Crippen LogP contribution in [0.25, 0.3) is 0 Å². The van der Waals surface area contributed by atoms with Gasteiger partial charge in [0.15, 0.2) is 0 Å². The average Bonchev–Trinajstić information content (AvgIpc) is 2.17. The van der Waals surface area contributed by atoms with E-state index >= 15 is 0 Å². The van der Waals surface area contributed by atoms with Gasteiger partial charge in [-0.05, 0) is 6.42 Å². The Morgan fingerprint density at radius 2 is 2.18 bits per heavy atom. The fraction of sp³-hybridized carbons (Fsp3) is 0.750. The van der Waals surface area contributed by atoms with Gasteiger partial charge in [-0.1, -0.05) is 13.8 Å². The first kappa shape index (κ1) is 8.24. The van der Waals surface area contributed by atoms with E-state index in [0.717, 1.165) is 6.42 Å². The topological polar surface area (TPSA) is 37.4 Å². The zero-order valence-electron chi connectivity index (χ0n) is 6.96. The molecule has 3 heteroatoms. The maximum Gasteiger partial charge on any atom is 0.232 e. The third kappa shape index (κ3) is 1.42. The van der Waals surface area contributed by atoms with Crippen LogP contribution in [0.15, 0.2) is 0 Å². The van der Waals surface area contributed by atoms with Crippen molar-refractivity contribution in [2.24, 2.45) is 5.92 Å². The number of carbonyl (C=O) groups excluding carboxylic acids is 2. The molecule has 1 aliphatic heterocycles. The van der Waals surface area contributed by atoms with Crippen LogP contribution in [0.4, 0.5) is 0 Å². The predicted octanol–water partition coefficient (Wildman–Crippen LogP) is 0.791. The standard InChI is InChI=1S/C8H13NO2/c1-3-4-9-7(10)5-6(2)8(9)11/h6H,3-5H2,1-2H3. The summed E-state index contributed by atoms with van der Waals surface area (Å²) in [5, 5.41) is 0. The van der Waals surface area contributed by atoms with E-state index in [-0.39, 0.29) is 17.7 Å². The van der Waals surface area contributed by atoms with Gasteiger partial charge in [-0.3, -0.25) is 14.5 Å². The van der Waals surface area contributed by atoms with E-state index in [1.54, 1.807) is 6.92 Å². The van der Waals surface area contributed by atoms with Crippen molar-refractivity contribution in [2.75, 3.05) is 6.54 Å². The third-order valence-corrected chi connectivity index (χ3v) is 1.92. The summed E-state index contributed by atoms with van der Waals surface area (Å²) in [7, 11) is 0. The van der Waals surface area contributed by atoms with Crippen LogP contribution in [-0.2, 0) is 9.59 Å².